The smallest absolute Gasteiger partial charge is 0.341 e. The number of likely N-dealkylation sites (N-methyl/N-ethyl adjacent to an activating group) is 1. The number of carbonyl (C=O) groups excluding carboxylic acids is 2. The minimum absolute atomic E-state index is 0.119. The molecule has 1 aromatic rings. The summed E-state index contributed by atoms with van der Waals surface area (Å²) in [6, 6.07) is 4.59. The summed E-state index contributed by atoms with van der Waals surface area (Å²) in [5, 5.41) is 0.424. The van der Waals surface area contributed by atoms with Crippen molar-refractivity contribution in [1.29, 1.82) is 0 Å². The highest BCUT2D eigenvalue weighted by Gasteiger charge is 2.17. The maximum atomic E-state index is 12.1. The molecule has 0 atom stereocenters. The number of esters is 1. The van der Waals surface area contributed by atoms with Crippen LogP contribution in [0.1, 0.15) is 37.0 Å². The van der Waals surface area contributed by atoms with Gasteiger partial charge in [0.15, 0.2) is 6.61 Å². The minimum atomic E-state index is -0.530. The summed E-state index contributed by atoms with van der Waals surface area (Å²) in [6.45, 7) is 5.19. The molecule has 5 nitrogen and oxygen atoms in total. The Morgan fingerprint density at radius 3 is 2.59 bits per heavy atom. The molecule has 0 spiro atoms. The molecule has 0 N–H and O–H groups in total. The van der Waals surface area contributed by atoms with Gasteiger partial charge in [-0.25, -0.2) is 4.79 Å². The Balaban J connectivity index is 2.76. The average Bonchev–Trinajstić information content (AvgIpc) is 2.53. The highest BCUT2D eigenvalue weighted by Crippen LogP contribution is 2.24. The van der Waals surface area contributed by atoms with Crippen LogP contribution >= 0.6 is 11.6 Å². The van der Waals surface area contributed by atoms with E-state index in [0.29, 0.717) is 18.1 Å². The first-order valence-corrected chi connectivity index (χ1v) is 7.69. The maximum absolute atomic E-state index is 12.1. The van der Waals surface area contributed by atoms with Crippen LogP contribution in [0.3, 0.4) is 0 Å². The summed E-state index contributed by atoms with van der Waals surface area (Å²) < 4.78 is 10.2. The van der Waals surface area contributed by atoms with E-state index in [0.717, 1.165) is 12.8 Å². The lowest BCUT2D eigenvalue weighted by atomic mass is 10.2. The van der Waals surface area contributed by atoms with Gasteiger partial charge >= 0.3 is 5.97 Å². The zero-order valence-electron chi connectivity index (χ0n) is 13.2. The molecule has 0 heterocycles. The van der Waals surface area contributed by atoms with Crippen molar-refractivity contribution in [2.24, 2.45) is 0 Å². The monoisotopic (exact) mass is 327 g/mol. The van der Waals surface area contributed by atoms with Crippen molar-refractivity contribution in [3.05, 3.63) is 28.8 Å². The molecule has 0 fully saturated rings. The topological polar surface area (TPSA) is 55.8 Å². The largest absolute Gasteiger partial charge is 0.483 e. The minimum Gasteiger partial charge on any atom is -0.483 e. The van der Waals surface area contributed by atoms with Gasteiger partial charge in [0.25, 0.3) is 5.91 Å². The summed E-state index contributed by atoms with van der Waals surface area (Å²) >= 11 is 5.91. The Labute approximate surface area is 136 Å². The Hall–Kier alpha value is -1.75. The predicted octanol–water partition coefficient (Wildman–Crippen LogP) is 3.15. The van der Waals surface area contributed by atoms with E-state index in [2.05, 4.69) is 11.7 Å². The van der Waals surface area contributed by atoms with E-state index in [4.69, 9.17) is 16.3 Å². The molecule has 0 radical (unpaired) electrons. The molecule has 1 amide bonds. The van der Waals surface area contributed by atoms with E-state index in [1.807, 2.05) is 6.92 Å². The van der Waals surface area contributed by atoms with Crippen molar-refractivity contribution in [2.75, 3.05) is 26.8 Å². The SMILES string of the molecule is CCCCN(CC)C(=O)COc1cc(Cl)ccc1C(=O)OC. The van der Waals surface area contributed by atoms with E-state index < -0.39 is 5.97 Å². The van der Waals surface area contributed by atoms with E-state index in [-0.39, 0.29) is 23.8 Å². The van der Waals surface area contributed by atoms with E-state index in [1.165, 1.54) is 19.2 Å². The molecule has 0 aromatic heterocycles. The molecule has 0 aliphatic carbocycles. The highest BCUT2D eigenvalue weighted by atomic mass is 35.5. The number of halogens is 1. The molecular formula is C16H22ClNO4. The number of ether oxygens (including phenoxy) is 2. The van der Waals surface area contributed by atoms with Gasteiger partial charge in [0.05, 0.1) is 7.11 Å². The molecule has 0 saturated heterocycles. The van der Waals surface area contributed by atoms with Crippen molar-refractivity contribution in [3.63, 3.8) is 0 Å². The second-order valence-corrected chi connectivity index (χ2v) is 5.18. The van der Waals surface area contributed by atoms with Crippen molar-refractivity contribution >= 4 is 23.5 Å². The van der Waals surface area contributed by atoms with Gasteiger partial charge in [-0.15, -0.1) is 0 Å². The number of amides is 1. The molecule has 0 bridgehead atoms. The second-order valence-electron chi connectivity index (χ2n) is 4.75. The third-order valence-electron chi connectivity index (χ3n) is 3.22. The number of methoxy groups -OCH3 is 1. The Morgan fingerprint density at radius 1 is 1.27 bits per heavy atom. The fraction of sp³-hybridized carbons (Fsp3) is 0.500. The standard InChI is InChI=1S/C16H22ClNO4/c1-4-6-9-18(5-2)15(19)11-22-14-10-12(17)7-8-13(14)16(20)21-3/h7-8,10H,4-6,9,11H2,1-3H3. The van der Waals surface area contributed by atoms with Crippen LogP contribution in [-0.2, 0) is 9.53 Å². The lowest BCUT2D eigenvalue weighted by molar-refractivity contribution is -0.133. The summed E-state index contributed by atoms with van der Waals surface area (Å²) in [7, 11) is 1.29. The van der Waals surface area contributed by atoms with Crippen LogP contribution in [0.4, 0.5) is 0 Å². The van der Waals surface area contributed by atoms with Crippen molar-refractivity contribution in [3.8, 4) is 5.75 Å². The molecule has 0 aliphatic heterocycles. The van der Waals surface area contributed by atoms with Crippen LogP contribution in [0, 0.1) is 0 Å². The normalized spacial score (nSPS) is 10.2. The fourth-order valence-electron chi connectivity index (χ4n) is 1.93. The van der Waals surface area contributed by atoms with Gasteiger partial charge in [0.2, 0.25) is 0 Å². The number of benzene rings is 1. The molecule has 1 aromatic carbocycles. The summed E-state index contributed by atoms with van der Waals surface area (Å²) in [5.41, 5.74) is 0.247. The zero-order chi connectivity index (χ0) is 16.5. The summed E-state index contributed by atoms with van der Waals surface area (Å²) in [6.07, 6.45) is 1.97. The van der Waals surface area contributed by atoms with Gasteiger partial charge in [-0.2, -0.15) is 0 Å². The van der Waals surface area contributed by atoms with Crippen LogP contribution in [0.25, 0.3) is 0 Å². The molecule has 6 heteroatoms. The Morgan fingerprint density at radius 2 is 2.00 bits per heavy atom. The average molecular weight is 328 g/mol. The number of hydrogen-bond donors (Lipinski definition) is 0. The van der Waals surface area contributed by atoms with Gasteiger partial charge in [-0.3, -0.25) is 4.79 Å². The third-order valence-corrected chi connectivity index (χ3v) is 3.45. The number of hydrogen-bond acceptors (Lipinski definition) is 4. The van der Waals surface area contributed by atoms with E-state index >= 15 is 0 Å². The molecule has 1 rings (SSSR count). The van der Waals surface area contributed by atoms with Crippen molar-refractivity contribution in [2.45, 2.75) is 26.7 Å². The van der Waals surface area contributed by atoms with Gasteiger partial charge in [0, 0.05) is 18.1 Å². The Bertz CT molecular complexity index is 519. The number of carbonyl (C=O) groups is 2. The quantitative estimate of drug-likeness (QED) is 0.688. The van der Waals surface area contributed by atoms with Gasteiger partial charge in [0.1, 0.15) is 11.3 Å². The maximum Gasteiger partial charge on any atom is 0.341 e. The first-order chi connectivity index (χ1) is 10.5. The van der Waals surface area contributed by atoms with Crippen LogP contribution in [-0.4, -0.2) is 43.6 Å². The Kier molecular flexibility index (Phi) is 7.74. The molecule has 0 unspecified atom stereocenters. The molecule has 22 heavy (non-hydrogen) atoms. The predicted molar refractivity (Wildman–Crippen MR) is 85.4 cm³/mol. The number of rotatable bonds is 8. The van der Waals surface area contributed by atoms with Crippen LogP contribution < -0.4 is 4.74 Å². The third kappa shape index (κ3) is 5.22. The number of nitrogens with zero attached hydrogens (tertiary/aromatic N) is 1. The second kappa shape index (κ2) is 9.30. The van der Waals surface area contributed by atoms with E-state index in [1.54, 1.807) is 11.0 Å². The molecular weight excluding hydrogens is 306 g/mol. The highest BCUT2D eigenvalue weighted by molar-refractivity contribution is 6.30. The molecule has 0 saturated carbocycles. The molecule has 122 valence electrons. The lowest BCUT2D eigenvalue weighted by Crippen LogP contribution is -2.35. The van der Waals surface area contributed by atoms with Crippen LogP contribution in [0.2, 0.25) is 5.02 Å². The summed E-state index contributed by atoms with van der Waals surface area (Å²) in [4.78, 5) is 25.5. The fourth-order valence-corrected chi connectivity index (χ4v) is 2.10. The van der Waals surface area contributed by atoms with Gasteiger partial charge in [-0.1, -0.05) is 24.9 Å². The molecule has 0 aliphatic rings. The first kappa shape index (κ1) is 18.3. The van der Waals surface area contributed by atoms with Crippen molar-refractivity contribution in [1.82, 2.24) is 4.90 Å². The van der Waals surface area contributed by atoms with Gasteiger partial charge in [-0.05, 0) is 31.5 Å². The van der Waals surface area contributed by atoms with Gasteiger partial charge < -0.3 is 14.4 Å². The zero-order valence-corrected chi connectivity index (χ0v) is 14.0. The van der Waals surface area contributed by atoms with Crippen LogP contribution in [0.5, 0.6) is 5.75 Å². The number of unbranched alkanes of at least 4 members (excludes halogenated alkanes) is 1. The van der Waals surface area contributed by atoms with E-state index in [9.17, 15) is 9.59 Å². The lowest BCUT2D eigenvalue weighted by Gasteiger charge is -2.21. The van der Waals surface area contributed by atoms with Crippen molar-refractivity contribution < 1.29 is 19.1 Å². The first-order valence-electron chi connectivity index (χ1n) is 7.31. The summed E-state index contributed by atoms with van der Waals surface area (Å²) in [5.74, 6) is -0.400. The van der Waals surface area contributed by atoms with Crippen LogP contribution in [0.15, 0.2) is 18.2 Å².